The third-order valence-corrected chi connectivity index (χ3v) is 3.99. The van der Waals surface area contributed by atoms with Crippen LogP contribution in [0.2, 0.25) is 0 Å². The van der Waals surface area contributed by atoms with Gasteiger partial charge in [0.1, 0.15) is 0 Å². The third-order valence-electron chi connectivity index (χ3n) is 3.99. The molecule has 21 heavy (non-hydrogen) atoms. The van der Waals surface area contributed by atoms with E-state index in [0.717, 1.165) is 25.2 Å². The molecular formula is C16H21N5. The Labute approximate surface area is 125 Å². The highest BCUT2D eigenvalue weighted by Crippen LogP contribution is 2.31. The molecule has 1 N–H and O–H groups in total. The molecule has 3 heterocycles. The fraction of sp³-hybridized carbons (Fsp3) is 0.438. The lowest BCUT2D eigenvalue weighted by atomic mass is 9.98. The van der Waals surface area contributed by atoms with Crippen LogP contribution in [-0.4, -0.2) is 33.4 Å². The zero-order chi connectivity index (χ0) is 14.5. The maximum Gasteiger partial charge on any atom is 0.222 e. The molecule has 0 amide bonds. The molecule has 0 saturated carbocycles. The number of pyridine rings is 1. The summed E-state index contributed by atoms with van der Waals surface area (Å²) in [5.74, 6) is 0.696. The zero-order valence-electron chi connectivity index (χ0n) is 12.4. The molecule has 0 aliphatic carbocycles. The number of nitrogens with zero attached hydrogens (tertiary/aromatic N) is 4. The van der Waals surface area contributed by atoms with Crippen LogP contribution in [0.3, 0.4) is 0 Å². The predicted molar refractivity (Wildman–Crippen MR) is 82.8 cm³/mol. The highest BCUT2D eigenvalue weighted by molar-refractivity contribution is 5.25. The van der Waals surface area contributed by atoms with Crippen molar-refractivity contribution >= 4 is 5.95 Å². The first kappa shape index (κ1) is 13.9. The number of piperidine rings is 1. The molecule has 2 aromatic rings. The smallest absolute Gasteiger partial charge is 0.222 e. The molecule has 110 valence electrons. The summed E-state index contributed by atoms with van der Waals surface area (Å²) in [6.07, 6.45) is 9.23. The average molecular weight is 283 g/mol. The van der Waals surface area contributed by atoms with Gasteiger partial charge in [-0.25, -0.2) is 9.97 Å². The van der Waals surface area contributed by atoms with Gasteiger partial charge in [0.25, 0.3) is 0 Å². The first-order chi connectivity index (χ1) is 10.4. The van der Waals surface area contributed by atoms with Crippen molar-refractivity contribution in [1.29, 1.82) is 0 Å². The Morgan fingerprint density at radius 3 is 2.86 bits per heavy atom. The van der Waals surface area contributed by atoms with Gasteiger partial charge in [-0.2, -0.15) is 0 Å². The van der Waals surface area contributed by atoms with Crippen molar-refractivity contribution in [3.05, 3.63) is 48.0 Å². The summed E-state index contributed by atoms with van der Waals surface area (Å²) in [7, 11) is 1.86. The Morgan fingerprint density at radius 1 is 1.19 bits per heavy atom. The van der Waals surface area contributed by atoms with E-state index in [1.54, 1.807) is 0 Å². The molecule has 0 aromatic carbocycles. The van der Waals surface area contributed by atoms with E-state index >= 15 is 0 Å². The van der Waals surface area contributed by atoms with Crippen LogP contribution in [0.15, 0.2) is 36.8 Å². The third kappa shape index (κ3) is 3.36. The molecule has 5 heteroatoms. The van der Waals surface area contributed by atoms with Gasteiger partial charge in [-0.3, -0.25) is 9.88 Å². The molecule has 1 atom stereocenters. The fourth-order valence-corrected chi connectivity index (χ4v) is 2.92. The van der Waals surface area contributed by atoms with Crippen LogP contribution < -0.4 is 5.32 Å². The lowest BCUT2D eigenvalue weighted by Crippen LogP contribution is -2.33. The van der Waals surface area contributed by atoms with Gasteiger partial charge in [0.15, 0.2) is 0 Å². The number of rotatable bonds is 4. The van der Waals surface area contributed by atoms with E-state index in [1.807, 2.05) is 31.7 Å². The number of nitrogens with one attached hydrogen (secondary N) is 1. The van der Waals surface area contributed by atoms with Crippen molar-refractivity contribution in [2.45, 2.75) is 31.8 Å². The van der Waals surface area contributed by atoms with Gasteiger partial charge in [0.2, 0.25) is 5.95 Å². The summed E-state index contributed by atoms with van der Waals surface area (Å²) in [5, 5.41) is 3.02. The van der Waals surface area contributed by atoms with Gasteiger partial charge in [-0.05, 0) is 43.1 Å². The lowest BCUT2D eigenvalue weighted by molar-refractivity contribution is 0.137. The molecule has 1 unspecified atom stereocenters. The Bertz CT molecular complexity index is 572. The summed E-state index contributed by atoms with van der Waals surface area (Å²) >= 11 is 0. The molecule has 5 nitrogen and oxygen atoms in total. The quantitative estimate of drug-likeness (QED) is 0.935. The highest BCUT2D eigenvalue weighted by atomic mass is 15.2. The van der Waals surface area contributed by atoms with Crippen LogP contribution >= 0.6 is 0 Å². The fourth-order valence-electron chi connectivity index (χ4n) is 2.92. The summed E-state index contributed by atoms with van der Waals surface area (Å²) < 4.78 is 0. The Morgan fingerprint density at radius 2 is 2.05 bits per heavy atom. The minimum absolute atomic E-state index is 0.377. The second kappa shape index (κ2) is 6.63. The van der Waals surface area contributed by atoms with Crippen LogP contribution in [0.1, 0.15) is 36.6 Å². The lowest BCUT2D eigenvalue weighted by Gasteiger charge is -2.35. The van der Waals surface area contributed by atoms with Gasteiger partial charge in [0.05, 0.1) is 11.7 Å². The maximum absolute atomic E-state index is 4.63. The molecule has 0 bridgehead atoms. The molecule has 0 spiro atoms. The van der Waals surface area contributed by atoms with Crippen LogP contribution in [-0.2, 0) is 6.54 Å². The van der Waals surface area contributed by atoms with E-state index in [0.29, 0.717) is 12.0 Å². The van der Waals surface area contributed by atoms with Crippen molar-refractivity contribution in [1.82, 2.24) is 19.9 Å². The van der Waals surface area contributed by atoms with E-state index < -0.39 is 0 Å². The Hall–Kier alpha value is -2.01. The number of likely N-dealkylation sites (tertiary alicyclic amines) is 1. The summed E-state index contributed by atoms with van der Waals surface area (Å²) in [6.45, 7) is 2.07. The molecular weight excluding hydrogens is 262 g/mol. The predicted octanol–water partition coefficient (Wildman–Crippen LogP) is 2.64. The second-order valence-electron chi connectivity index (χ2n) is 5.39. The molecule has 1 fully saturated rings. The largest absolute Gasteiger partial charge is 0.357 e. The number of hydrogen-bond donors (Lipinski definition) is 1. The average Bonchev–Trinajstić information content (AvgIpc) is 2.56. The van der Waals surface area contributed by atoms with Crippen LogP contribution in [0.25, 0.3) is 0 Å². The number of hydrogen-bond acceptors (Lipinski definition) is 5. The van der Waals surface area contributed by atoms with Crippen molar-refractivity contribution < 1.29 is 0 Å². The molecule has 1 aliphatic rings. The van der Waals surface area contributed by atoms with Crippen LogP contribution in [0, 0.1) is 0 Å². The van der Waals surface area contributed by atoms with Gasteiger partial charge in [-0.15, -0.1) is 0 Å². The molecule has 1 saturated heterocycles. The first-order valence-corrected chi connectivity index (χ1v) is 7.50. The molecule has 3 rings (SSSR count). The Balaban J connectivity index is 1.80. The zero-order valence-corrected chi connectivity index (χ0v) is 12.4. The van der Waals surface area contributed by atoms with E-state index in [2.05, 4.69) is 37.3 Å². The molecule has 2 aromatic heterocycles. The van der Waals surface area contributed by atoms with E-state index in [1.165, 1.54) is 18.4 Å². The monoisotopic (exact) mass is 283 g/mol. The van der Waals surface area contributed by atoms with E-state index in [9.17, 15) is 0 Å². The second-order valence-corrected chi connectivity index (χ2v) is 5.39. The van der Waals surface area contributed by atoms with Gasteiger partial charge in [-0.1, -0.05) is 6.42 Å². The maximum atomic E-state index is 4.63. The summed E-state index contributed by atoms with van der Waals surface area (Å²) in [6, 6.07) is 6.59. The normalized spacial score (nSPS) is 19.4. The van der Waals surface area contributed by atoms with Gasteiger partial charge in [0, 0.05) is 32.2 Å². The van der Waals surface area contributed by atoms with Crippen LogP contribution in [0.4, 0.5) is 5.95 Å². The number of anilines is 1. The van der Waals surface area contributed by atoms with Crippen molar-refractivity contribution in [3.8, 4) is 0 Å². The van der Waals surface area contributed by atoms with Gasteiger partial charge < -0.3 is 5.32 Å². The van der Waals surface area contributed by atoms with Crippen molar-refractivity contribution in [2.75, 3.05) is 18.9 Å². The topological polar surface area (TPSA) is 53.9 Å². The molecule has 0 radical (unpaired) electrons. The number of aromatic nitrogens is 3. The standard InChI is InChI=1S/C16H21N5/c1-17-16-19-10-7-14(20-16)15-4-2-3-11-21(15)12-13-5-8-18-9-6-13/h5-10,15H,2-4,11-12H2,1H3,(H,17,19,20). The van der Waals surface area contributed by atoms with E-state index in [4.69, 9.17) is 0 Å². The summed E-state index contributed by atoms with van der Waals surface area (Å²) in [5.41, 5.74) is 2.42. The first-order valence-electron chi connectivity index (χ1n) is 7.50. The highest BCUT2D eigenvalue weighted by Gasteiger charge is 2.25. The SMILES string of the molecule is CNc1nccc(C2CCCCN2Cc2ccncc2)n1. The molecule has 1 aliphatic heterocycles. The minimum Gasteiger partial charge on any atom is -0.357 e. The summed E-state index contributed by atoms with van der Waals surface area (Å²) in [4.78, 5) is 15.4. The van der Waals surface area contributed by atoms with Crippen molar-refractivity contribution in [3.63, 3.8) is 0 Å². The van der Waals surface area contributed by atoms with E-state index in [-0.39, 0.29) is 0 Å². The van der Waals surface area contributed by atoms with Crippen molar-refractivity contribution in [2.24, 2.45) is 0 Å². The van der Waals surface area contributed by atoms with Crippen LogP contribution in [0.5, 0.6) is 0 Å². The Kier molecular flexibility index (Phi) is 4.40. The van der Waals surface area contributed by atoms with Gasteiger partial charge >= 0.3 is 0 Å². The minimum atomic E-state index is 0.377.